The largest absolute Gasteiger partial charge is 0.0587 e. The van der Waals surface area contributed by atoms with Crippen molar-refractivity contribution in [2.24, 2.45) is 0 Å². The van der Waals surface area contributed by atoms with E-state index >= 15 is 0 Å². The predicted octanol–water partition coefficient (Wildman–Crippen LogP) is 5.17. The van der Waals surface area contributed by atoms with E-state index in [1.807, 2.05) is 0 Å². The number of hydrogen-bond donors (Lipinski definition) is 0. The lowest BCUT2D eigenvalue weighted by molar-refractivity contribution is 1.38. The van der Waals surface area contributed by atoms with Crippen LogP contribution in [0.3, 0.4) is 0 Å². The van der Waals surface area contributed by atoms with Crippen LogP contribution in [0.25, 0.3) is 11.1 Å². The first kappa shape index (κ1) is 12.0. The Labute approximate surface area is 115 Å². The van der Waals surface area contributed by atoms with Crippen LogP contribution in [0.15, 0.2) is 60.7 Å². The quantitative estimate of drug-likeness (QED) is 0.685. The molecule has 0 heteroatoms. The van der Waals surface area contributed by atoms with Crippen molar-refractivity contribution in [1.29, 1.82) is 0 Å². The van der Waals surface area contributed by atoms with E-state index in [1.165, 1.54) is 33.4 Å². The minimum Gasteiger partial charge on any atom is -0.0587 e. The smallest absolute Gasteiger partial charge is 0.00139 e. The van der Waals surface area contributed by atoms with Crippen LogP contribution >= 0.6 is 0 Å². The highest BCUT2D eigenvalue weighted by molar-refractivity contribution is 5.86. The van der Waals surface area contributed by atoms with E-state index in [1.54, 1.807) is 0 Å². The summed E-state index contributed by atoms with van der Waals surface area (Å²) in [6, 6.07) is 17.6. The summed E-state index contributed by atoms with van der Waals surface area (Å²) >= 11 is 0. The zero-order chi connectivity index (χ0) is 13.2. The molecule has 1 aliphatic rings. The third-order valence-corrected chi connectivity index (χ3v) is 3.71. The lowest BCUT2D eigenvalue weighted by atomic mass is 9.98. The van der Waals surface area contributed by atoms with Gasteiger partial charge in [-0.1, -0.05) is 71.8 Å². The van der Waals surface area contributed by atoms with Crippen molar-refractivity contribution in [2.45, 2.75) is 20.3 Å². The Morgan fingerprint density at radius 3 is 1.32 bits per heavy atom. The van der Waals surface area contributed by atoms with Gasteiger partial charge in [-0.3, -0.25) is 0 Å². The van der Waals surface area contributed by atoms with Crippen molar-refractivity contribution in [3.8, 4) is 0 Å². The van der Waals surface area contributed by atoms with Crippen molar-refractivity contribution < 1.29 is 0 Å². The van der Waals surface area contributed by atoms with E-state index in [2.05, 4.69) is 74.5 Å². The highest BCUT2D eigenvalue weighted by Crippen LogP contribution is 2.33. The summed E-state index contributed by atoms with van der Waals surface area (Å²) < 4.78 is 0. The van der Waals surface area contributed by atoms with E-state index in [9.17, 15) is 0 Å². The fourth-order valence-corrected chi connectivity index (χ4v) is 2.46. The van der Waals surface area contributed by atoms with Crippen LogP contribution in [0.1, 0.15) is 28.7 Å². The summed E-state index contributed by atoms with van der Waals surface area (Å²) in [4.78, 5) is 0. The summed E-state index contributed by atoms with van der Waals surface area (Å²) in [7, 11) is 0. The molecule has 19 heavy (non-hydrogen) atoms. The average molecular weight is 246 g/mol. The van der Waals surface area contributed by atoms with Crippen molar-refractivity contribution >= 4 is 11.1 Å². The molecule has 0 saturated carbocycles. The molecule has 0 heterocycles. The van der Waals surface area contributed by atoms with Crippen LogP contribution in [0, 0.1) is 13.8 Å². The minimum absolute atomic E-state index is 1.03. The highest BCUT2D eigenvalue weighted by Gasteiger charge is 2.11. The number of aryl methyl sites for hydroxylation is 2. The molecule has 0 nitrogen and oxygen atoms in total. The second kappa shape index (κ2) is 4.89. The lowest BCUT2D eigenvalue weighted by Crippen LogP contribution is -1.85. The van der Waals surface area contributed by atoms with Crippen LogP contribution in [0.2, 0.25) is 0 Å². The van der Waals surface area contributed by atoms with Gasteiger partial charge in [0, 0.05) is 0 Å². The number of benzene rings is 2. The van der Waals surface area contributed by atoms with Gasteiger partial charge in [0.1, 0.15) is 0 Å². The first-order valence-corrected chi connectivity index (χ1v) is 6.76. The van der Waals surface area contributed by atoms with Gasteiger partial charge in [0.25, 0.3) is 0 Å². The van der Waals surface area contributed by atoms with Crippen LogP contribution < -0.4 is 0 Å². The minimum atomic E-state index is 1.03. The van der Waals surface area contributed by atoms with E-state index in [0.717, 1.165) is 6.42 Å². The second-order valence-electron chi connectivity index (χ2n) is 5.29. The molecule has 1 aliphatic carbocycles. The van der Waals surface area contributed by atoms with Gasteiger partial charge in [-0.15, -0.1) is 0 Å². The molecule has 0 aromatic heterocycles. The first-order valence-electron chi connectivity index (χ1n) is 6.76. The third-order valence-electron chi connectivity index (χ3n) is 3.71. The van der Waals surface area contributed by atoms with Gasteiger partial charge in [-0.05, 0) is 42.5 Å². The zero-order valence-corrected chi connectivity index (χ0v) is 11.5. The first-order chi connectivity index (χ1) is 9.22. The maximum absolute atomic E-state index is 2.25. The summed E-state index contributed by atoms with van der Waals surface area (Å²) in [6.45, 7) is 4.26. The molecule has 2 aromatic carbocycles. The monoisotopic (exact) mass is 246 g/mol. The molecule has 0 saturated heterocycles. The zero-order valence-electron chi connectivity index (χ0n) is 11.5. The van der Waals surface area contributed by atoms with Gasteiger partial charge in [0.2, 0.25) is 0 Å². The van der Waals surface area contributed by atoms with Gasteiger partial charge < -0.3 is 0 Å². The highest BCUT2D eigenvalue weighted by atomic mass is 14.2. The Bertz CT molecular complexity index is 578. The van der Waals surface area contributed by atoms with Gasteiger partial charge in [-0.2, -0.15) is 0 Å². The molecule has 0 fully saturated rings. The molecule has 0 N–H and O–H groups in total. The summed E-state index contributed by atoms with van der Waals surface area (Å²) in [5.41, 5.74) is 8.13. The molecule has 0 spiro atoms. The Morgan fingerprint density at radius 1 is 0.579 bits per heavy atom. The topological polar surface area (TPSA) is 0 Å². The molecule has 94 valence electrons. The number of rotatable bonds is 2. The van der Waals surface area contributed by atoms with E-state index in [4.69, 9.17) is 0 Å². The van der Waals surface area contributed by atoms with Crippen LogP contribution in [0.4, 0.5) is 0 Å². The Hall–Kier alpha value is -2.08. The Morgan fingerprint density at radius 2 is 0.947 bits per heavy atom. The van der Waals surface area contributed by atoms with Gasteiger partial charge in [-0.25, -0.2) is 0 Å². The Kier molecular flexibility index (Phi) is 3.08. The molecule has 0 amide bonds. The predicted molar refractivity (Wildman–Crippen MR) is 82.9 cm³/mol. The van der Waals surface area contributed by atoms with Crippen molar-refractivity contribution in [2.75, 3.05) is 0 Å². The maximum Gasteiger partial charge on any atom is -0.00139 e. The molecule has 0 aliphatic heterocycles. The SMILES string of the molecule is Cc1ccc(C2=CC=C(c3ccc(C)cc3)C2)cc1. The summed E-state index contributed by atoms with van der Waals surface area (Å²) in [5, 5.41) is 0. The second-order valence-corrected chi connectivity index (χ2v) is 5.29. The van der Waals surface area contributed by atoms with Gasteiger partial charge in [0.15, 0.2) is 0 Å². The van der Waals surface area contributed by atoms with Crippen LogP contribution in [-0.2, 0) is 0 Å². The van der Waals surface area contributed by atoms with E-state index in [-0.39, 0.29) is 0 Å². The van der Waals surface area contributed by atoms with Crippen molar-refractivity contribution in [1.82, 2.24) is 0 Å². The van der Waals surface area contributed by atoms with Gasteiger partial charge in [0.05, 0.1) is 0 Å². The summed E-state index contributed by atoms with van der Waals surface area (Å²) in [5.74, 6) is 0. The molecule has 0 atom stereocenters. The average Bonchev–Trinajstić information content (AvgIpc) is 2.90. The standard InChI is InChI=1S/C19H18/c1-14-3-7-16(8-4-14)18-11-12-19(13-18)17-9-5-15(2)6-10-17/h3-12H,13H2,1-2H3. The van der Waals surface area contributed by atoms with E-state index < -0.39 is 0 Å². The fraction of sp³-hybridized carbons (Fsp3) is 0.158. The van der Waals surface area contributed by atoms with E-state index in [0.29, 0.717) is 0 Å². The fourth-order valence-electron chi connectivity index (χ4n) is 2.46. The van der Waals surface area contributed by atoms with Crippen molar-refractivity contribution in [3.63, 3.8) is 0 Å². The molecular weight excluding hydrogens is 228 g/mol. The van der Waals surface area contributed by atoms with Crippen LogP contribution in [0.5, 0.6) is 0 Å². The molecule has 3 rings (SSSR count). The number of allylic oxidation sites excluding steroid dienone is 4. The molecule has 2 aromatic rings. The summed E-state index contributed by atoms with van der Waals surface area (Å²) in [6.07, 6.45) is 5.53. The molecule has 0 bridgehead atoms. The van der Waals surface area contributed by atoms with Crippen molar-refractivity contribution in [3.05, 3.63) is 82.9 Å². The maximum atomic E-state index is 2.25. The number of hydrogen-bond acceptors (Lipinski definition) is 0. The van der Waals surface area contributed by atoms with Gasteiger partial charge >= 0.3 is 0 Å². The normalized spacial score (nSPS) is 14.2. The lowest BCUT2D eigenvalue weighted by Gasteiger charge is -2.07. The Balaban J connectivity index is 1.78. The molecule has 0 unspecified atom stereocenters. The molecular formula is C19H18. The van der Waals surface area contributed by atoms with Crippen LogP contribution in [-0.4, -0.2) is 0 Å². The molecule has 0 radical (unpaired) electrons. The third kappa shape index (κ3) is 2.53.